The zero-order chi connectivity index (χ0) is 18.7. The average molecular weight is 359 g/mol. The van der Waals surface area contributed by atoms with Crippen molar-refractivity contribution in [2.24, 2.45) is 0 Å². The molecule has 5 nitrogen and oxygen atoms in total. The number of halogens is 1. The lowest BCUT2D eigenvalue weighted by atomic mass is 9.84. The number of carbonyl (C=O) groups excluding carboxylic acids is 1. The first-order valence-corrected chi connectivity index (χ1v) is 8.42. The van der Waals surface area contributed by atoms with E-state index in [-0.39, 0.29) is 16.9 Å². The first-order chi connectivity index (χ1) is 12.4. The van der Waals surface area contributed by atoms with Crippen molar-refractivity contribution in [2.75, 3.05) is 26.9 Å². The fourth-order valence-corrected chi connectivity index (χ4v) is 2.82. The Bertz CT molecular complexity index is 819. The summed E-state index contributed by atoms with van der Waals surface area (Å²) in [6.45, 7) is 5.46. The predicted molar refractivity (Wildman–Crippen MR) is 95.7 cm³/mol. The first-order valence-electron chi connectivity index (χ1n) is 8.42. The molecule has 2 aromatic rings. The van der Waals surface area contributed by atoms with Gasteiger partial charge in [-0.3, -0.25) is 4.79 Å². The Kier molecular flexibility index (Phi) is 5.02. The summed E-state index contributed by atoms with van der Waals surface area (Å²) in [7, 11) is 1.45. The van der Waals surface area contributed by atoms with Crippen molar-refractivity contribution in [3.05, 3.63) is 53.3 Å². The van der Waals surface area contributed by atoms with E-state index in [1.807, 2.05) is 32.0 Å². The topological polar surface area (TPSA) is 56.8 Å². The molecule has 0 atom stereocenters. The van der Waals surface area contributed by atoms with Crippen LogP contribution in [0.2, 0.25) is 0 Å². The summed E-state index contributed by atoms with van der Waals surface area (Å²) in [6, 6.07) is 9.64. The van der Waals surface area contributed by atoms with E-state index in [4.69, 9.17) is 14.2 Å². The summed E-state index contributed by atoms with van der Waals surface area (Å²) in [5.41, 5.74) is 0.824. The van der Waals surface area contributed by atoms with Crippen LogP contribution in [0.1, 0.15) is 29.8 Å². The third-order valence-electron chi connectivity index (χ3n) is 4.42. The van der Waals surface area contributed by atoms with E-state index in [2.05, 4.69) is 5.32 Å². The van der Waals surface area contributed by atoms with E-state index >= 15 is 0 Å². The molecule has 138 valence electrons. The van der Waals surface area contributed by atoms with Crippen LogP contribution < -0.4 is 19.5 Å². The van der Waals surface area contributed by atoms with Crippen molar-refractivity contribution in [3.63, 3.8) is 0 Å². The van der Waals surface area contributed by atoms with E-state index in [9.17, 15) is 9.18 Å². The summed E-state index contributed by atoms with van der Waals surface area (Å²) in [5, 5.41) is 2.86. The number of ether oxygens (including phenoxy) is 3. The first kappa shape index (κ1) is 18.0. The Balaban J connectivity index is 1.74. The van der Waals surface area contributed by atoms with Crippen molar-refractivity contribution in [1.29, 1.82) is 0 Å². The molecule has 0 aromatic heterocycles. The van der Waals surface area contributed by atoms with Gasteiger partial charge in [-0.15, -0.1) is 0 Å². The number of methoxy groups -OCH3 is 1. The molecule has 0 saturated heterocycles. The molecule has 0 fully saturated rings. The summed E-state index contributed by atoms with van der Waals surface area (Å²) in [6.07, 6.45) is 0. The molecule has 1 amide bonds. The van der Waals surface area contributed by atoms with E-state index in [0.717, 1.165) is 11.3 Å². The Morgan fingerprint density at radius 1 is 1.15 bits per heavy atom. The van der Waals surface area contributed by atoms with Gasteiger partial charge in [-0.25, -0.2) is 4.39 Å². The smallest absolute Gasteiger partial charge is 0.255 e. The molecule has 0 aliphatic carbocycles. The van der Waals surface area contributed by atoms with Gasteiger partial charge in [0.2, 0.25) is 0 Å². The molecule has 26 heavy (non-hydrogen) atoms. The van der Waals surface area contributed by atoms with Crippen LogP contribution in [0.4, 0.5) is 4.39 Å². The maximum atomic E-state index is 13.5. The molecule has 6 heteroatoms. The van der Waals surface area contributed by atoms with Gasteiger partial charge in [0.25, 0.3) is 5.91 Å². The fourth-order valence-electron chi connectivity index (χ4n) is 2.82. The number of hydrogen-bond donors (Lipinski definition) is 1. The van der Waals surface area contributed by atoms with Gasteiger partial charge >= 0.3 is 0 Å². The maximum Gasteiger partial charge on any atom is 0.255 e. The second-order valence-electron chi connectivity index (χ2n) is 6.77. The number of benzene rings is 2. The highest BCUT2D eigenvalue weighted by Gasteiger charge is 2.25. The zero-order valence-electron chi connectivity index (χ0n) is 15.1. The second kappa shape index (κ2) is 7.23. The Morgan fingerprint density at radius 2 is 1.88 bits per heavy atom. The number of fused-ring (bicyclic) bond motifs is 1. The lowest BCUT2D eigenvalue weighted by Crippen LogP contribution is -2.37. The molecule has 1 aliphatic rings. The molecule has 1 heterocycles. The van der Waals surface area contributed by atoms with E-state index in [1.165, 1.54) is 25.3 Å². The molecule has 0 spiro atoms. The molecule has 1 N–H and O–H groups in total. The maximum absolute atomic E-state index is 13.5. The standard InChI is InChI=1S/C20H22FNO4/c1-20(2,13-4-6-17-18(10-13)26-9-8-25-17)12-22-19(23)15-11-14(21)5-7-16(15)24-3/h4-7,10-11H,8-9,12H2,1-3H3,(H,22,23). The lowest BCUT2D eigenvalue weighted by Gasteiger charge is -2.28. The van der Waals surface area contributed by atoms with Crippen LogP contribution in [0.15, 0.2) is 36.4 Å². The summed E-state index contributed by atoms with van der Waals surface area (Å²) in [5.74, 6) is 0.902. The Labute approximate surface area is 152 Å². The van der Waals surface area contributed by atoms with Crippen LogP contribution in [0.3, 0.4) is 0 Å². The van der Waals surface area contributed by atoms with Crippen LogP contribution in [-0.2, 0) is 5.41 Å². The van der Waals surface area contributed by atoms with E-state index in [1.54, 1.807) is 0 Å². The highest BCUT2D eigenvalue weighted by atomic mass is 19.1. The molecular formula is C20H22FNO4. The SMILES string of the molecule is COc1ccc(F)cc1C(=O)NCC(C)(C)c1ccc2c(c1)OCCO2. The zero-order valence-corrected chi connectivity index (χ0v) is 15.1. The van der Waals surface area contributed by atoms with E-state index in [0.29, 0.717) is 31.3 Å². The van der Waals surface area contributed by atoms with Gasteiger partial charge in [-0.05, 0) is 35.9 Å². The Morgan fingerprint density at radius 3 is 2.62 bits per heavy atom. The van der Waals surface area contributed by atoms with Crippen molar-refractivity contribution in [2.45, 2.75) is 19.3 Å². The highest BCUT2D eigenvalue weighted by Crippen LogP contribution is 2.35. The largest absolute Gasteiger partial charge is 0.496 e. The number of carbonyl (C=O) groups is 1. The minimum atomic E-state index is -0.484. The number of hydrogen-bond acceptors (Lipinski definition) is 4. The average Bonchev–Trinajstić information content (AvgIpc) is 2.65. The monoisotopic (exact) mass is 359 g/mol. The third-order valence-corrected chi connectivity index (χ3v) is 4.42. The van der Waals surface area contributed by atoms with Gasteiger partial charge in [0.1, 0.15) is 24.8 Å². The molecular weight excluding hydrogens is 337 g/mol. The van der Waals surface area contributed by atoms with Gasteiger partial charge in [-0.1, -0.05) is 19.9 Å². The predicted octanol–water partition coefficient (Wildman–Crippen LogP) is 3.31. The van der Waals surface area contributed by atoms with Crippen molar-refractivity contribution >= 4 is 5.91 Å². The molecule has 0 unspecified atom stereocenters. The van der Waals surface area contributed by atoms with Crippen molar-refractivity contribution < 1.29 is 23.4 Å². The molecule has 0 bridgehead atoms. The molecule has 1 aliphatic heterocycles. The number of amides is 1. The fraction of sp³-hybridized carbons (Fsp3) is 0.350. The van der Waals surface area contributed by atoms with Crippen LogP contribution in [0.25, 0.3) is 0 Å². The molecule has 0 saturated carbocycles. The van der Waals surface area contributed by atoms with Crippen molar-refractivity contribution in [3.8, 4) is 17.2 Å². The minimum absolute atomic E-state index is 0.172. The summed E-state index contributed by atoms with van der Waals surface area (Å²) in [4.78, 5) is 12.5. The number of nitrogens with one attached hydrogen (secondary N) is 1. The molecule has 2 aromatic carbocycles. The van der Waals surface area contributed by atoms with Crippen LogP contribution in [0.5, 0.6) is 17.2 Å². The minimum Gasteiger partial charge on any atom is -0.496 e. The number of rotatable bonds is 5. The molecule has 0 radical (unpaired) electrons. The van der Waals surface area contributed by atoms with Crippen LogP contribution in [0, 0.1) is 5.82 Å². The van der Waals surface area contributed by atoms with Crippen LogP contribution in [-0.4, -0.2) is 32.8 Å². The lowest BCUT2D eigenvalue weighted by molar-refractivity contribution is 0.0942. The Hall–Kier alpha value is -2.76. The highest BCUT2D eigenvalue weighted by molar-refractivity contribution is 5.97. The van der Waals surface area contributed by atoms with Gasteiger partial charge in [0.15, 0.2) is 11.5 Å². The third kappa shape index (κ3) is 3.74. The van der Waals surface area contributed by atoms with Crippen LogP contribution >= 0.6 is 0 Å². The second-order valence-corrected chi connectivity index (χ2v) is 6.77. The van der Waals surface area contributed by atoms with Crippen molar-refractivity contribution in [1.82, 2.24) is 5.32 Å². The normalized spacial score (nSPS) is 13.2. The molecule has 3 rings (SSSR count). The summed E-state index contributed by atoms with van der Waals surface area (Å²) >= 11 is 0. The quantitative estimate of drug-likeness (QED) is 0.890. The van der Waals surface area contributed by atoms with Gasteiger partial charge in [0.05, 0.1) is 12.7 Å². The van der Waals surface area contributed by atoms with Gasteiger partial charge < -0.3 is 19.5 Å². The van der Waals surface area contributed by atoms with Gasteiger partial charge in [0, 0.05) is 12.0 Å². The van der Waals surface area contributed by atoms with Gasteiger partial charge in [-0.2, -0.15) is 0 Å². The van der Waals surface area contributed by atoms with E-state index < -0.39 is 5.82 Å². The summed E-state index contributed by atoms with van der Waals surface area (Å²) < 4.78 is 29.8.